The molecule has 5 aliphatic carbocycles. The van der Waals surface area contributed by atoms with Crippen LogP contribution in [0.2, 0.25) is 0 Å². The zero-order chi connectivity index (χ0) is 24.3. The lowest BCUT2D eigenvalue weighted by Crippen LogP contribution is -2.43. The largest absolute Gasteiger partial charge is 0.458 e. The van der Waals surface area contributed by atoms with Crippen molar-refractivity contribution < 1.29 is 23.6 Å². The summed E-state index contributed by atoms with van der Waals surface area (Å²) in [5.41, 5.74) is 2.47. The molecule has 6 fully saturated rings. The molecule has 1 aliphatic heterocycles. The molecule has 1 saturated heterocycles. The number of carbonyl (C=O) groups excluding carboxylic acids is 2. The fourth-order valence-electron chi connectivity index (χ4n) is 7.36. The predicted octanol–water partition coefficient (Wildman–Crippen LogP) is 5.73. The number of likely N-dealkylation sites (tertiary alicyclic amines) is 1. The molecule has 0 unspecified atom stereocenters. The highest BCUT2D eigenvalue weighted by molar-refractivity contribution is 5.92. The van der Waals surface area contributed by atoms with Gasteiger partial charge in [0.1, 0.15) is 24.0 Å². The smallest absolute Gasteiger partial charge is 0.410 e. The van der Waals surface area contributed by atoms with Gasteiger partial charge >= 0.3 is 12.1 Å². The number of piperidine rings is 1. The van der Waals surface area contributed by atoms with Crippen LogP contribution in [0.1, 0.15) is 97.5 Å². The van der Waals surface area contributed by atoms with Crippen molar-refractivity contribution in [1.29, 1.82) is 0 Å². The van der Waals surface area contributed by atoms with Crippen molar-refractivity contribution in [2.24, 2.45) is 11.8 Å². The first-order valence-electron chi connectivity index (χ1n) is 13.8. The third-order valence-corrected chi connectivity index (χ3v) is 9.64. The molecular weight excluding hydrogens is 456 g/mol. The van der Waals surface area contributed by atoms with Crippen LogP contribution in [0.3, 0.4) is 0 Å². The van der Waals surface area contributed by atoms with Crippen molar-refractivity contribution in [2.75, 3.05) is 6.54 Å². The van der Waals surface area contributed by atoms with E-state index in [9.17, 15) is 9.59 Å². The van der Waals surface area contributed by atoms with Crippen LogP contribution in [0.25, 0.3) is 0 Å². The van der Waals surface area contributed by atoms with Crippen molar-refractivity contribution in [2.45, 2.75) is 94.3 Å². The Balaban J connectivity index is 1.03. The van der Waals surface area contributed by atoms with Gasteiger partial charge in [-0.3, -0.25) is 0 Å². The fraction of sp³-hybridized carbons (Fsp3) is 0.621. The van der Waals surface area contributed by atoms with Crippen molar-refractivity contribution in [3.63, 3.8) is 0 Å². The average molecular weight is 491 g/mol. The molecule has 190 valence electrons. The quantitative estimate of drug-likeness (QED) is 0.481. The standard InChI is InChI=1S/C29H34N2O5/c32-27(24-25(20-6-7-20)36-30-26(24)29-11-8-18(9-12-29)10-13-29)35-23-15-22-14-21(23)16-31(22)28(33)34-17-19-4-2-1-3-5-19/h1-5,18,20-23H,6-17H2/t18?,21-,22-,23+,29?/m0/s1. The van der Waals surface area contributed by atoms with Gasteiger partial charge in [-0.2, -0.15) is 0 Å². The Labute approximate surface area is 211 Å². The van der Waals surface area contributed by atoms with Gasteiger partial charge in [-0.05, 0) is 69.3 Å². The van der Waals surface area contributed by atoms with Crippen LogP contribution in [-0.4, -0.2) is 40.8 Å². The summed E-state index contributed by atoms with van der Waals surface area (Å²) in [7, 11) is 0. The van der Waals surface area contributed by atoms with E-state index in [0.717, 1.165) is 61.5 Å². The number of ether oxygens (including phenoxy) is 2. The van der Waals surface area contributed by atoms with Gasteiger partial charge in [0.25, 0.3) is 0 Å². The van der Waals surface area contributed by atoms with Crippen molar-refractivity contribution in [3.05, 3.63) is 52.9 Å². The predicted molar refractivity (Wildman–Crippen MR) is 130 cm³/mol. The zero-order valence-electron chi connectivity index (χ0n) is 20.7. The molecule has 2 heterocycles. The number of rotatable bonds is 6. The van der Waals surface area contributed by atoms with Gasteiger partial charge in [0.05, 0.1) is 0 Å². The van der Waals surface area contributed by atoms with E-state index >= 15 is 0 Å². The summed E-state index contributed by atoms with van der Waals surface area (Å²) in [6.45, 7) is 0.849. The minimum Gasteiger partial charge on any atom is -0.458 e. The highest BCUT2D eigenvalue weighted by atomic mass is 16.6. The summed E-state index contributed by atoms with van der Waals surface area (Å²) in [6.07, 6.45) is 10.2. The van der Waals surface area contributed by atoms with Crippen LogP contribution in [0.15, 0.2) is 34.9 Å². The van der Waals surface area contributed by atoms with Gasteiger partial charge < -0.3 is 18.9 Å². The van der Waals surface area contributed by atoms with E-state index in [-0.39, 0.29) is 42.1 Å². The van der Waals surface area contributed by atoms with E-state index in [4.69, 9.17) is 14.0 Å². The Morgan fingerprint density at radius 3 is 2.44 bits per heavy atom. The topological polar surface area (TPSA) is 81.9 Å². The molecule has 7 heteroatoms. The number of fused-ring (bicyclic) bond motifs is 5. The van der Waals surface area contributed by atoms with Gasteiger partial charge in [-0.15, -0.1) is 0 Å². The molecular formula is C29H34N2O5. The number of aromatic nitrogens is 1. The first kappa shape index (κ1) is 22.4. The maximum atomic E-state index is 13.7. The lowest BCUT2D eigenvalue weighted by Gasteiger charge is -2.45. The molecule has 1 aromatic carbocycles. The fourth-order valence-corrected chi connectivity index (χ4v) is 7.36. The number of benzene rings is 1. The Bertz CT molecular complexity index is 1130. The number of nitrogens with zero attached hydrogens (tertiary/aromatic N) is 2. The van der Waals surface area contributed by atoms with Crippen molar-refractivity contribution in [1.82, 2.24) is 10.1 Å². The van der Waals surface area contributed by atoms with E-state index in [2.05, 4.69) is 5.16 Å². The van der Waals surface area contributed by atoms with Crippen LogP contribution in [0, 0.1) is 11.8 Å². The molecule has 0 spiro atoms. The number of hydrogen-bond acceptors (Lipinski definition) is 6. The van der Waals surface area contributed by atoms with Gasteiger partial charge in [0.15, 0.2) is 5.76 Å². The summed E-state index contributed by atoms with van der Waals surface area (Å²) in [6, 6.07) is 9.79. The molecule has 6 aliphatic rings. The first-order valence-corrected chi connectivity index (χ1v) is 13.8. The molecule has 36 heavy (non-hydrogen) atoms. The van der Waals surface area contributed by atoms with E-state index in [1.807, 2.05) is 35.2 Å². The lowest BCUT2D eigenvalue weighted by molar-refractivity contribution is 0.00532. The van der Waals surface area contributed by atoms with Crippen LogP contribution in [0.4, 0.5) is 4.79 Å². The first-order chi connectivity index (χ1) is 17.6. The second-order valence-electron chi connectivity index (χ2n) is 11.8. The minimum absolute atomic E-state index is 0.0201. The second kappa shape index (κ2) is 8.63. The van der Waals surface area contributed by atoms with E-state index < -0.39 is 0 Å². The normalized spacial score (nSPS) is 32.6. The van der Waals surface area contributed by atoms with Gasteiger partial charge in [0.2, 0.25) is 0 Å². The summed E-state index contributed by atoms with van der Waals surface area (Å²) < 4.78 is 17.6. The minimum atomic E-state index is -0.277. The Morgan fingerprint density at radius 2 is 1.78 bits per heavy atom. The molecule has 1 aromatic heterocycles. The monoisotopic (exact) mass is 490 g/mol. The van der Waals surface area contributed by atoms with Gasteiger partial charge in [-0.1, -0.05) is 35.5 Å². The van der Waals surface area contributed by atoms with E-state index in [1.54, 1.807) is 0 Å². The Hall–Kier alpha value is -2.83. The number of carbonyl (C=O) groups is 2. The maximum absolute atomic E-state index is 13.7. The Kier molecular flexibility index (Phi) is 5.37. The number of hydrogen-bond donors (Lipinski definition) is 0. The van der Waals surface area contributed by atoms with Gasteiger partial charge in [-0.25, -0.2) is 9.59 Å². The molecule has 1 amide bonds. The summed E-state index contributed by atoms with van der Waals surface area (Å²) in [5, 5.41) is 4.55. The molecule has 3 atom stereocenters. The van der Waals surface area contributed by atoms with E-state index in [1.165, 1.54) is 19.3 Å². The van der Waals surface area contributed by atoms with Crippen LogP contribution < -0.4 is 0 Å². The third kappa shape index (κ3) is 3.82. The Morgan fingerprint density at radius 1 is 1.03 bits per heavy atom. The van der Waals surface area contributed by atoms with Crippen molar-refractivity contribution in [3.8, 4) is 0 Å². The lowest BCUT2D eigenvalue weighted by atomic mass is 9.59. The van der Waals surface area contributed by atoms with Crippen LogP contribution in [-0.2, 0) is 21.5 Å². The number of esters is 1. The second-order valence-corrected chi connectivity index (χ2v) is 11.8. The zero-order valence-corrected chi connectivity index (χ0v) is 20.7. The molecule has 5 saturated carbocycles. The van der Waals surface area contributed by atoms with Crippen molar-refractivity contribution >= 4 is 12.1 Å². The molecule has 7 nitrogen and oxygen atoms in total. The molecule has 2 aromatic rings. The highest BCUT2D eigenvalue weighted by Gasteiger charge is 2.51. The van der Waals surface area contributed by atoms with E-state index in [0.29, 0.717) is 24.4 Å². The maximum Gasteiger partial charge on any atom is 0.410 e. The summed E-state index contributed by atoms with van der Waals surface area (Å²) >= 11 is 0. The molecule has 4 bridgehead atoms. The molecule has 0 N–H and O–H groups in total. The molecule has 8 rings (SSSR count). The third-order valence-electron chi connectivity index (χ3n) is 9.64. The van der Waals surface area contributed by atoms with Crippen LogP contribution in [0.5, 0.6) is 0 Å². The molecule has 0 radical (unpaired) electrons. The van der Waals surface area contributed by atoms with Gasteiger partial charge in [0, 0.05) is 36.3 Å². The number of amides is 1. The average Bonchev–Trinajstić information content (AvgIpc) is 3.34. The SMILES string of the molecule is O=C(O[C@@H]1C[C@@H]2C[C@H]1CN2C(=O)OCc1ccccc1)c1c(C23CCC(CC2)CC3)noc1C1CC1. The van der Waals surface area contributed by atoms with Crippen LogP contribution >= 0.6 is 0 Å². The highest BCUT2D eigenvalue weighted by Crippen LogP contribution is 2.54. The summed E-state index contributed by atoms with van der Waals surface area (Å²) in [5.74, 6) is 1.80. The summed E-state index contributed by atoms with van der Waals surface area (Å²) in [4.78, 5) is 28.2.